The van der Waals surface area contributed by atoms with Crippen molar-refractivity contribution in [3.63, 3.8) is 0 Å². The van der Waals surface area contributed by atoms with Crippen LogP contribution >= 0.6 is 0 Å². The number of hydrogen-bond acceptors (Lipinski definition) is 8. The van der Waals surface area contributed by atoms with E-state index in [0.29, 0.717) is 11.8 Å². The first-order valence-corrected chi connectivity index (χ1v) is 10.1. The predicted molar refractivity (Wildman–Crippen MR) is 123 cm³/mol. The summed E-state index contributed by atoms with van der Waals surface area (Å²) in [5, 5.41) is 16.2. The van der Waals surface area contributed by atoms with E-state index in [1.54, 1.807) is 7.11 Å². The Morgan fingerprint density at radius 1 is 1.13 bits per heavy atom. The molecule has 0 radical (unpaired) electrons. The van der Waals surface area contributed by atoms with Gasteiger partial charge in [0.15, 0.2) is 0 Å². The molecular formula is C21H36N8O. The molecule has 0 saturated carbocycles. The summed E-state index contributed by atoms with van der Waals surface area (Å²) in [6, 6.07) is 10.1. The van der Waals surface area contributed by atoms with Crippen LogP contribution in [0.15, 0.2) is 30.3 Å². The number of amidine groups is 1. The van der Waals surface area contributed by atoms with Gasteiger partial charge in [0, 0.05) is 51.5 Å². The third-order valence-corrected chi connectivity index (χ3v) is 5.00. The van der Waals surface area contributed by atoms with Gasteiger partial charge in [-0.25, -0.2) is 0 Å². The Hall–Kier alpha value is -2.75. The summed E-state index contributed by atoms with van der Waals surface area (Å²) < 4.78 is 5.06. The first-order chi connectivity index (χ1) is 14.5. The number of hydrazine groups is 1. The van der Waals surface area contributed by atoms with Crippen LogP contribution in [-0.2, 0) is 13.0 Å². The van der Waals surface area contributed by atoms with Gasteiger partial charge in [-0.3, -0.25) is 22.0 Å². The van der Waals surface area contributed by atoms with Crippen LogP contribution in [0.4, 0.5) is 5.69 Å². The smallest absolute Gasteiger partial charge is 0.233 e. The normalized spacial score (nSPS) is 14.3. The van der Waals surface area contributed by atoms with Crippen LogP contribution in [0.25, 0.3) is 0 Å². The standard InChI is InChI=1S/C21H30N6O.H4N2.H2/c1-15(2)12-16-4-6-18(21(22)23)19(13-16)27-10-8-26(9-11-27)14-17-5-7-20(28-3)25-24-17;1-2;/h4-7,13,15H,8-12,14H2,1-3H3,(H3,22,23);1-2H2;1H. The quantitative estimate of drug-likeness (QED) is 0.229. The molecule has 1 aromatic heterocycles. The lowest BCUT2D eigenvalue weighted by Gasteiger charge is -2.37. The van der Waals surface area contributed by atoms with Gasteiger partial charge in [0.2, 0.25) is 5.88 Å². The largest absolute Gasteiger partial charge is 0.480 e. The Labute approximate surface area is 180 Å². The Bertz CT molecular complexity index is 808. The minimum Gasteiger partial charge on any atom is -0.480 e. The van der Waals surface area contributed by atoms with E-state index < -0.39 is 0 Å². The maximum atomic E-state index is 7.94. The number of anilines is 1. The molecule has 3 rings (SSSR count). The van der Waals surface area contributed by atoms with Crippen LogP contribution in [0.1, 0.15) is 32.1 Å². The SMILES string of the molecule is COc1ccc(CN2CCN(c3cc(CC(C)C)ccc3C(=N)N)CC2)nn1.NN.[HH]. The van der Waals surface area contributed by atoms with Crippen molar-refractivity contribution in [2.24, 2.45) is 23.3 Å². The summed E-state index contributed by atoms with van der Waals surface area (Å²) in [5.74, 6) is 9.26. The lowest BCUT2D eigenvalue weighted by atomic mass is 9.99. The van der Waals surface area contributed by atoms with Crippen LogP contribution in [0.3, 0.4) is 0 Å². The average Bonchev–Trinajstić information content (AvgIpc) is 2.75. The van der Waals surface area contributed by atoms with Gasteiger partial charge in [-0.2, -0.15) is 5.10 Å². The van der Waals surface area contributed by atoms with E-state index in [-0.39, 0.29) is 7.26 Å². The summed E-state index contributed by atoms with van der Waals surface area (Å²) in [6.45, 7) is 8.87. The van der Waals surface area contributed by atoms with E-state index in [2.05, 4.69) is 57.7 Å². The number of nitrogens with two attached hydrogens (primary N) is 3. The van der Waals surface area contributed by atoms with Crippen LogP contribution in [0.5, 0.6) is 5.88 Å². The van der Waals surface area contributed by atoms with Gasteiger partial charge >= 0.3 is 0 Å². The zero-order valence-electron chi connectivity index (χ0n) is 18.1. The number of rotatable bonds is 7. The van der Waals surface area contributed by atoms with Crippen molar-refractivity contribution in [3.05, 3.63) is 47.2 Å². The molecule has 9 heteroatoms. The van der Waals surface area contributed by atoms with E-state index >= 15 is 0 Å². The molecule has 2 heterocycles. The fourth-order valence-electron chi connectivity index (χ4n) is 3.58. The van der Waals surface area contributed by atoms with Gasteiger partial charge in [0.25, 0.3) is 0 Å². The van der Waals surface area contributed by atoms with Crippen LogP contribution < -0.4 is 27.1 Å². The molecule has 0 bridgehead atoms. The molecule has 30 heavy (non-hydrogen) atoms. The second kappa shape index (κ2) is 11.4. The molecule has 166 valence electrons. The van der Waals surface area contributed by atoms with E-state index in [1.807, 2.05) is 18.2 Å². The molecule has 1 aliphatic heterocycles. The second-order valence-corrected chi connectivity index (χ2v) is 7.69. The minimum absolute atomic E-state index is 0. The number of aromatic nitrogens is 2. The van der Waals surface area contributed by atoms with Gasteiger partial charge in [-0.1, -0.05) is 19.9 Å². The highest BCUT2D eigenvalue weighted by atomic mass is 16.5. The summed E-state index contributed by atoms with van der Waals surface area (Å²) in [5.41, 5.74) is 9.99. The lowest BCUT2D eigenvalue weighted by molar-refractivity contribution is 0.246. The molecule has 7 N–H and O–H groups in total. The Morgan fingerprint density at radius 3 is 2.37 bits per heavy atom. The monoisotopic (exact) mass is 416 g/mol. The highest BCUT2D eigenvalue weighted by Gasteiger charge is 2.21. The molecule has 0 atom stereocenters. The lowest BCUT2D eigenvalue weighted by Crippen LogP contribution is -2.46. The zero-order valence-corrected chi connectivity index (χ0v) is 18.1. The maximum absolute atomic E-state index is 7.94. The number of nitrogen functional groups attached to an aromatic ring is 1. The van der Waals surface area contributed by atoms with Crippen molar-refractivity contribution in [3.8, 4) is 5.88 Å². The topological polar surface area (TPSA) is 143 Å². The molecule has 2 aromatic rings. The van der Waals surface area contributed by atoms with Crippen LogP contribution in [0.2, 0.25) is 0 Å². The summed E-state index contributed by atoms with van der Waals surface area (Å²) in [7, 11) is 1.59. The molecule has 0 amide bonds. The molecule has 1 saturated heterocycles. The number of nitrogens with zero attached hydrogens (tertiary/aromatic N) is 4. The van der Waals surface area contributed by atoms with Gasteiger partial charge in [-0.05, 0) is 36.1 Å². The Balaban J connectivity index is 0.00000156. The summed E-state index contributed by atoms with van der Waals surface area (Å²) >= 11 is 0. The van der Waals surface area contributed by atoms with Gasteiger partial charge < -0.3 is 15.4 Å². The van der Waals surface area contributed by atoms with E-state index in [9.17, 15) is 0 Å². The molecule has 1 aliphatic rings. The third kappa shape index (κ3) is 6.38. The van der Waals surface area contributed by atoms with E-state index in [0.717, 1.165) is 56.1 Å². The molecule has 9 nitrogen and oxygen atoms in total. The first-order valence-electron chi connectivity index (χ1n) is 10.1. The fraction of sp³-hybridized carbons (Fsp3) is 0.476. The van der Waals surface area contributed by atoms with Crippen LogP contribution in [0, 0.1) is 11.3 Å². The minimum atomic E-state index is 0. The molecule has 0 unspecified atom stereocenters. The number of nitrogens with one attached hydrogen (secondary N) is 1. The van der Waals surface area contributed by atoms with Crippen molar-refractivity contribution in [2.75, 3.05) is 38.2 Å². The van der Waals surface area contributed by atoms with E-state index in [1.165, 1.54) is 5.56 Å². The van der Waals surface area contributed by atoms with E-state index in [4.69, 9.17) is 15.9 Å². The van der Waals surface area contributed by atoms with Crippen molar-refractivity contribution < 1.29 is 6.16 Å². The predicted octanol–water partition coefficient (Wildman–Crippen LogP) is 1.35. The number of piperazine rings is 1. The second-order valence-electron chi connectivity index (χ2n) is 7.69. The number of ether oxygens (including phenoxy) is 1. The number of hydrogen-bond donors (Lipinski definition) is 4. The highest BCUT2D eigenvalue weighted by molar-refractivity contribution is 6.00. The van der Waals surface area contributed by atoms with Gasteiger partial charge in [0.1, 0.15) is 5.84 Å². The van der Waals surface area contributed by atoms with Gasteiger partial charge in [-0.15, -0.1) is 5.10 Å². The zero-order chi connectivity index (χ0) is 22.1. The van der Waals surface area contributed by atoms with Crippen molar-refractivity contribution >= 4 is 11.5 Å². The molecule has 0 aliphatic carbocycles. The molecule has 1 fully saturated rings. The molecular weight excluding hydrogens is 380 g/mol. The Morgan fingerprint density at radius 2 is 1.83 bits per heavy atom. The molecule has 0 spiro atoms. The van der Waals surface area contributed by atoms with Crippen molar-refractivity contribution in [2.45, 2.75) is 26.8 Å². The number of benzene rings is 1. The fourth-order valence-corrected chi connectivity index (χ4v) is 3.58. The van der Waals surface area contributed by atoms with Crippen LogP contribution in [-0.4, -0.2) is 54.2 Å². The van der Waals surface area contributed by atoms with Crippen molar-refractivity contribution in [1.29, 1.82) is 5.41 Å². The van der Waals surface area contributed by atoms with Gasteiger partial charge in [0.05, 0.1) is 12.8 Å². The van der Waals surface area contributed by atoms with Crippen molar-refractivity contribution in [1.82, 2.24) is 15.1 Å². The summed E-state index contributed by atoms with van der Waals surface area (Å²) in [6.07, 6.45) is 1.03. The molecule has 1 aromatic carbocycles. The third-order valence-electron chi connectivity index (χ3n) is 5.00. The summed E-state index contributed by atoms with van der Waals surface area (Å²) in [4.78, 5) is 4.72. The highest BCUT2D eigenvalue weighted by Crippen LogP contribution is 2.25. The number of methoxy groups -OCH3 is 1. The average molecular weight is 417 g/mol. The first kappa shape index (κ1) is 23.5. The maximum Gasteiger partial charge on any atom is 0.233 e. The Kier molecular flexibility index (Phi) is 8.97.